The third kappa shape index (κ3) is 3.01. The Balaban J connectivity index is 2.49. The second-order valence-corrected chi connectivity index (χ2v) is 3.92. The molecule has 0 aliphatic carbocycles. The largest absolute Gasteiger partial charge is 0.374 e. The van der Waals surface area contributed by atoms with Gasteiger partial charge in [0.2, 0.25) is 0 Å². The predicted molar refractivity (Wildman–Crippen MR) is 58.7 cm³/mol. The van der Waals surface area contributed by atoms with E-state index in [0.29, 0.717) is 0 Å². The molecule has 0 radical (unpaired) electrons. The van der Waals surface area contributed by atoms with E-state index in [1.54, 1.807) is 6.92 Å². The first-order valence-corrected chi connectivity index (χ1v) is 4.83. The number of hydrazine groups is 1. The van der Waals surface area contributed by atoms with E-state index in [-0.39, 0.29) is 5.92 Å². The number of benzene rings is 1. The monoisotopic (exact) mass is 194 g/mol. The van der Waals surface area contributed by atoms with Crippen LogP contribution in [-0.2, 0) is 0 Å². The lowest BCUT2D eigenvalue weighted by Gasteiger charge is -2.29. The Kier molecular flexibility index (Phi) is 3.49. The van der Waals surface area contributed by atoms with Crippen molar-refractivity contribution in [1.29, 1.82) is 0 Å². The molecule has 1 unspecified atom stereocenters. The highest BCUT2D eigenvalue weighted by molar-refractivity contribution is 5.41. The first kappa shape index (κ1) is 11.0. The minimum Gasteiger partial charge on any atom is -0.374 e. The number of anilines is 1. The van der Waals surface area contributed by atoms with E-state index in [0.717, 1.165) is 5.69 Å². The van der Waals surface area contributed by atoms with Crippen LogP contribution in [0.3, 0.4) is 0 Å². The van der Waals surface area contributed by atoms with Crippen LogP contribution in [0.2, 0.25) is 0 Å². The van der Waals surface area contributed by atoms with E-state index in [1.165, 1.54) is 0 Å². The van der Waals surface area contributed by atoms with Crippen molar-refractivity contribution >= 4 is 5.69 Å². The molecule has 0 fully saturated rings. The Hall–Kier alpha value is -1.06. The number of para-hydroxylation sites is 1. The average molecular weight is 194 g/mol. The Bertz CT molecular complexity index is 270. The van der Waals surface area contributed by atoms with Gasteiger partial charge in [-0.15, -0.1) is 0 Å². The highest BCUT2D eigenvalue weighted by Gasteiger charge is 2.23. The predicted octanol–water partition coefficient (Wildman–Crippen LogP) is 1.97. The van der Waals surface area contributed by atoms with Crippen molar-refractivity contribution in [3.05, 3.63) is 30.3 Å². The summed E-state index contributed by atoms with van der Waals surface area (Å²) in [5, 5.41) is 9.88. The van der Waals surface area contributed by atoms with Crippen LogP contribution in [0.15, 0.2) is 30.3 Å². The average Bonchev–Trinajstić information content (AvgIpc) is 2.16. The lowest BCUT2D eigenvalue weighted by molar-refractivity contribution is -0.0128. The maximum absolute atomic E-state index is 9.88. The molecule has 0 spiro atoms. The minimum absolute atomic E-state index is 0.138. The van der Waals surface area contributed by atoms with Gasteiger partial charge >= 0.3 is 0 Å². The van der Waals surface area contributed by atoms with E-state index in [2.05, 4.69) is 10.9 Å². The van der Waals surface area contributed by atoms with Gasteiger partial charge in [-0.1, -0.05) is 32.0 Å². The molecule has 78 valence electrons. The third-order valence-corrected chi connectivity index (χ3v) is 2.36. The molecule has 3 N–H and O–H groups in total. The lowest BCUT2D eigenvalue weighted by atomic mass is 10.0. The molecule has 1 rings (SSSR count). The van der Waals surface area contributed by atoms with Crippen LogP contribution < -0.4 is 10.9 Å². The summed E-state index contributed by atoms with van der Waals surface area (Å²) in [6.45, 7) is 5.66. The topological polar surface area (TPSA) is 44.3 Å². The Morgan fingerprint density at radius 2 is 1.79 bits per heavy atom. The molecule has 0 saturated carbocycles. The maximum Gasteiger partial charge on any atom is 0.131 e. The van der Waals surface area contributed by atoms with Crippen LogP contribution in [0.5, 0.6) is 0 Å². The quantitative estimate of drug-likeness (QED) is 0.507. The van der Waals surface area contributed by atoms with Gasteiger partial charge in [0.1, 0.15) is 5.72 Å². The molecule has 0 aliphatic rings. The van der Waals surface area contributed by atoms with Crippen LogP contribution in [-0.4, -0.2) is 10.8 Å². The number of hydrogen-bond acceptors (Lipinski definition) is 3. The van der Waals surface area contributed by atoms with Crippen LogP contribution in [0.1, 0.15) is 20.8 Å². The zero-order valence-electron chi connectivity index (χ0n) is 8.91. The molecule has 0 saturated heterocycles. The molecule has 3 nitrogen and oxygen atoms in total. The highest BCUT2D eigenvalue weighted by Crippen LogP contribution is 2.12. The van der Waals surface area contributed by atoms with Crippen molar-refractivity contribution in [2.24, 2.45) is 5.92 Å². The number of hydrogen-bond donors (Lipinski definition) is 3. The first-order chi connectivity index (χ1) is 6.52. The van der Waals surface area contributed by atoms with Gasteiger partial charge in [-0.2, -0.15) is 0 Å². The molecule has 0 aromatic heterocycles. The molecular weight excluding hydrogens is 176 g/mol. The van der Waals surface area contributed by atoms with Gasteiger partial charge in [0.05, 0.1) is 0 Å². The molecule has 1 aromatic carbocycles. The van der Waals surface area contributed by atoms with Gasteiger partial charge in [0.15, 0.2) is 0 Å². The third-order valence-electron chi connectivity index (χ3n) is 2.36. The van der Waals surface area contributed by atoms with Crippen molar-refractivity contribution in [2.75, 3.05) is 5.43 Å². The molecule has 0 amide bonds. The second-order valence-electron chi connectivity index (χ2n) is 3.92. The number of aliphatic hydroxyl groups is 1. The smallest absolute Gasteiger partial charge is 0.131 e. The van der Waals surface area contributed by atoms with Gasteiger partial charge in [-0.05, 0) is 25.0 Å². The summed E-state index contributed by atoms with van der Waals surface area (Å²) in [7, 11) is 0. The van der Waals surface area contributed by atoms with Crippen LogP contribution in [0, 0.1) is 5.92 Å². The minimum atomic E-state index is -0.907. The Morgan fingerprint density at radius 1 is 1.21 bits per heavy atom. The van der Waals surface area contributed by atoms with Crippen molar-refractivity contribution in [2.45, 2.75) is 26.5 Å². The molecule has 14 heavy (non-hydrogen) atoms. The van der Waals surface area contributed by atoms with Gasteiger partial charge in [0.25, 0.3) is 0 Å². The summed E-state index contributed by atoms with van der Waals surface area (Å²) in [4.78, 5) is 0. The summed E-state index contributed by atoms with van der Waals surface area (Å²) in [5.41, 5.74) is 5.88. The van der Waals surface area contributed by atoms with Gasteiger partial charge < -0.3 is 10.5 Å². The molecule has 1 atom stereocenters. The zero-order valence-corrected chi connectivity index (χ0v) is 8.91. The number of rotatable bonds is 4. The van der Waals surface area contributed by atoms with Crippen LogP contribution in [0.4, 0.5) is 5.69 Å². The van der Waals surface area contributed by atoms with Crippen molar-refractivity contribution < 1.29 is 5.11 Å². The number of nitrogens with one attached hydrogen (secondary N) is 2. The van der Waals surface area contributed by atoms with Gasteiger partial charge in [-0.3, -0.25) is 0 Å². The van der Waals surface area contributed by atoms with Gasteiger partial charge in [-0.25, -0.2) is 5.43 Å². The van der Waals surface area contributed by atoms with E-state index < -0.39 is 5.72 Å². The zero-order chi connectivity index (χ0) is 10.6. The lowest BCUT2D eigenvalue weighted by Crippen LogP contribution is -2.49. The molecule has 0 heterocycles. The Labute approximate surface area is 85.1 Å². The maximum atomic E-state index is 9.88. The summed E-state index contributed by atoms with van der Waals surface area (Å²) >= 11 is 0. The second kappa shape index (κ2) is 4.44. The van der Waals surface area contributed by atoms with E-state index in [4.69, 9.17) is 0 Å². The fourth-order valence-corrected chi connectivity index (χ4v) is 0.865. The fraction of sp³-hybridized carbons (Fsp3) is 0.455. The standard InChI is InChI=1S/C11H18N2O/c1-9(2)11(3,14)13-12-10-7-5-4-6-8-10/h4-9,12-14H,1-3H3. The van der Waals surface area contributed by atoms with E-state index in [9.17, 15) is 5.11 Å². The SMILES string of the molecule is CC(C)C(C)(O)NNc1ccccc1. The van der Waals surface area contributed by atoms with E-state index >= 15 is 0 Å². The molecule has 0 aliphatic heterocycles. The fourth-order valence-electron chi connectivity index (χ4n) is 0.865. The van der Waals surface area contributed by atoms with Crippen LogP contribution >= 0.6 is 0 Å². The molecule has 3 heteroatoms. The van der Waals surface area contributed by atoms with Crippen LogP contribution in [0.25, 0.3) is 0 Å². The highest BCUT2D eigenvalue weighted by atomic mass is 16.3. The Morgan fingerprint density at radius 3 is 2.29 bits per heavy atom. The van der Waals surface area contributed by atoms with Crippen molar-refractivity contribution in [3.63, 3.8) is 0 Å². The molecular formula is C11H18N2O. The molecule has 1 aromatic rings. The van der Waals surface area contributed by atoms with E-state index in [1.807, 2.05) is 44.2 Å². The normalized spacial score (nSPS) is 15.2. The summed E-state index contributed by atoms with van der Waals surface area (Å²) < 4.78 is 0. The first-order valence-electron chi connectivity index (χ1n) is 4.83. The van der Waals surface area contributed by atoms with Crippen molar-refractivity contribution in [1.82, 2.24) is 5.43 Å². The van der Waals surface area contributed by atoms with Gasteiger partial charge in [0, 0.05) is 5.69 Å². The summed E-state index contributed by atoms with van der Waals surface area (Å²) in [6, 6.07) is 9.70. The van der Waals surface area contributed by atoms with Crippen molar-refractivity contribution in [3.8, 4) is 0 Å². The summed E-state index contributed by atoms with van der Waals surface area (Å²) in [6.07, 6.45) is 0. The summed E-state index contributed by atoms with van der Waals surface area (Å²) in [5.74, 6) is 0.138. The molecule has 0 bridgehead atoms.